The summed E-state index contributed by atoms with van der Waals surface area (Å²) in [4.78, 5) is 0. The molecule has 1 N–H and O–H groups in total. The van der Waals surface area contributed by atoms with E-state index < -0.39 is 14.4 Å². The number of methoxy groups -OCH3 is 1. The minimum atomic E-state index is -1.98. The second kappa shape index (κ2) is 11.3. The Bertz CT molecular complexity index is 619. The second-order valence-electron chi connectivity index (χ2n) is 9.56. The van der Waals surface area contributed by atoms with Crippen molar-refractivity contribution < 1.29 is 19.0 Å². The first-order valence-electron chi connectivity index (χ1n) is 10.6. The molecule has 5 heteroatoms. The number of benzene rings is 1. The van der Waals surface area contributed by atoms with Gasteiger partial charge in [0.1, 0.15) is 5.75 Å². The number of allylic oxidation sites excluding steroid dienone is 1. The summed E-state index contributed by atoms with van der Waals surface area (Å²) < 4.78 is 18.0. The third kappa shape index (κ3) is 7.89. The Morgan fingerprint density at radius 2 is 1.69 bits per heavy atom. The number of hydrogen-bond acceptors (Lipinski definition) is 4. The van der Waals surface area contributed by atoms with Crippen LogP contribution in [-0.4, -0.2) is 39.3 Å². The lowest BCUT2D eigenvalue weighted by molar-refractivity contribution is -0.0161. The maximum atomic E-state index is 10.6. The van der Waals surface area contributed by atoms with Crippen molar-refractivity contribution in [1.82, 2.24) is 0 Å². The van der Waals surface area contributed by atoms with Crippen molar-refractivity contribution in [3.63, 3.8) is 0 Å². The van der Waals surface area contributed by atoms with Gasteiger partial charge in [-0.05, 0) is 42.8 Å². The van der Waals surface area contributed by atoms with E-state index in [0.29, 0.717) is 13.2 Å². The molecule has 1 aromatic carbocycles. The molecule has 0 saturated carbocycles. The molecule has 166 valence electrons. The average molecular weight is 423 g/mol. The van der Waals surface area contributed by atoms with Gasteiger partial charge in [-0.2, -0.15) is 0 Å². The number of aliphatic hydroxyl groups excluding tert-OH is 1. The van der Waals surface area contributed by atoms with Crippen LogP contribution in [-0.2, 0) is 15.8 Å². The summed E-state index contributed by atoms with van der Waals surface area (Å²) in [5.74, 6) is 0.994. The molecule has 0 aliphatic heterocycles. The van der Waals surface area contributed by atoms with Crippen LogP contribution in [0.5, 0.6) is 5.75 Å². The molecule has 1 rings (SSSR count). The van der Waals surface area contributed by atoms with Crippen LogP contribution in [0.2, 0.25) is 18.1 Å². The van der Waals surface area contributed by atoms with E-state index in [1.54, 1.807) is 7.11 Å². The SMILES string of the molecule is CC=C[C@@H](O)[C@H](C)[C@H](O[Si](C)(C)C(C)(C)C)[C@H](C)COCc1ccc(OC)cc1. The van der Waals surface area contributed by atoms with E-state index >= 15 is 0 Å². The highest BCUT2D eigenvalue weighted by atomic mass is 28.4. The highest BCUT2D eigenvalue weighted by Crippen LogP contribution is 2.39. The molecule has 29 heavy (non-hydrogen) atoms. The zero-order chi connectivity index (χ0) is 22.2. The minimum absolute atomic E-state index is 0.0140. The average Bonchev–Trinajstić information content (AvgIpc) is 2.65. The van der Waals surface area contributed by atoms with Gasteiger partial charge in [0.2, 0.25) is 0 Å². The van der Waals surface area contributed by atoms with Crippen molar-refractivity contribution in [1.29, 1.82) is 0 Å². The predicted molar refractivity (Wildman–Crippen MR) is 124 cm³/mol. The summed E-state index contributed by atoms with van der Waals surface area (Å²) in [6, 6.07) is 7.93. The summed E-state index contributed by atoms with van der Waals surface area (Å²) >= 11 is 0. The molecule has 0 unspecified atom stereocenters. The molecule has 0 fully saturated rings. The van der Waals surface area contributed by atoms with Gasteiger partial charge in [-0.15, -0.1) is 0 Å². The van der Waals surface area contributed by atoms with Crippen LogP contribution in [0.3, 0.4) is 0 Å². The monoisotopic (exact) mass is 422 g/mol. The van der Waals surface area contributed by atoms with E-state index in [0.717, 1.165) is 11.3 Å². The quantitative estimate of drug-likeness (QED) is 0.361. The highest BCUT2D eigenvalue weighted by Gasteiger charge is 2.42. The van der Waals surface area contributed by atoms with Crippen molar-refractivity contribution in [3.8, 4) is 5.75 Å². The van der Waals surface area contributed by atoms with E-state index in [4.69, 9.17) is 13.9 Å². The third-order valence-corrected chi connectivity index (χ3v) is 10.5. The van der Waals surface area contributed by atoms with Crippen molar-refractivity contribution in [2.24, 2.45) is 11.8 Å². The van der Waals surface area contributed by atoms with E-state index in [-0.39, 0.29) is 23.0 Å². The Morgan fingerprint density at radius 1 is 1.10 bits per heavy atom. The Balaban J connectivity index is 2.84. The van der Waals surface area contributed by atoms with Crippen LogP contribution in [0.25, 0.3) is 0 Å². The van der Waals surface area contributed by atoms with Crippen LogP contribution in [0.1, 0.15) is 47.1 Å². The minimum Gasteiger partial charge on any atom is -0.497 e. The molecule has 0 saturated heterocycles. The van der Waals surface area contributed by atoms with Crippen LogP contribution in [0.15, 0.2) is 36.4 Å². The Kier molecular flexibility index (Phi) is 10.1. The van der Waals surface area contributed by atoms with Gasteiger partial charge in [-0.1, -0.05) is 58.9 Å². The normalized spacial score (nSPS) is 17.2. The first-order chi connectivity index (χ1) is 13.4. The lowest BCUT2D eigenvalue weighted by Crippen LogP contribution is -2.49. The zero-order valence-corrected chi connectivity index (χ0v) is 20.9. The van der Waals surface area contributed by atoms with Gasteiger partial charge in [0.25, 0.3) is 0 Å². The summed E-state index contributed by atoms with van der Waals surface area (Å²) in [6.07, 6.45) is 3.14. The van der Waals surface area contributed by atoms with Gasteiger partial charge in [-0.3, -0.25) is 0 Å². The molecule has 0 aromatic heterocycles. The number of rotatable bonds is 11. The molecular weight excluding hydrogens is 380 g/mol. The molecule has 4 nitrogen and oxygen atoms in total. The molecule has 1 aromatic rings. The fraction of sp³-hybridized carbons (Fsp3) is 0.667. The number of hydrogen-bond donors (Lipinski definition) is 1. The van der Waals surface area contributed by atoms with E-state index in [1.807, 2.05) is 43.3 Å². The van der Waals surface area contributed by atoms with Gasteiger partial charge >= 0.3 is 0 Å². The lowest BCUT2D eigenvalue weighted by atomic mass is 9.89. The van der Waals surface area contributed by atoms with Crippen LogP contribution >= 0.6 is 0 Å². The molecule has 0 spiro atoms. The summed E-state index contributed by atoms with van der Waals surface area (Å²) in [7, 11) is -0.315. The van der Waals surface area contributed by atoms with Crippen LogP contribution < -0.4 is 4.74 Å². The summed E-state index contributed by atoms with van der Waals surface area (Å²) in [5.41, 5.74) is 1.11. The Hall–Kier alpha value is -1.14. The van der Waals surface area contributed by atoms with Crippen molar-refractivity contribution in [2.45, 2.75) is 78.5 Å². The molecule has 0 bridgehead atoms. The van der Waals surface area contributed by atoms with Gasteiger partial charge in [-0.25, -0.2) is 0 Å². The van der Waals surface area contributed by atoms with E-state index in [1.165, 1.54) is 0 Å². The van der Waals surface area contributed by atoms with Gasteiger partial charge in [0.05, 0.1) is 32.5 Å². The predicted octanol–water partition coefficient (Wildman–Crippen LogP) is 5.81. The fourth-order valence-corrected chi connectivity index (χ4v) is 4.49. The highest BCUT2D eigenvalue weighted by molar-refractivity contribution is 6.74. The molecule has 0 aliphatic rings. The molecule has 0 radical (unpaired) electrons. The maximum Gasteiger partial charge on any atom is 0.192 e. The van der Waals surface area contributed by atoms with Crippen LogP contribution in [0, 0.1) is 11.8 Å². The summed E-state index contributed by atoms with van der Waals surface area (Å²) in [6.45, 7) is 18.6. The van der Waals surface area contributed by atoms with E-state index in [2.05, 4.69) is 47.7 Å². The lowest BCUT2D eigenvalue weighted by Gasteiger charge is -2.43. The van der Waals surface area contributed by atoms with Gasteiger partial charge in [0, 0.05) is 11.8 Å². The number of ether oxygens (including phenoxy) is 2. The second-order valence-corrected chi connectivity index (χ2v) is 14.3. The topological polar surface area (TPSA) is 47.9 Å². The molecule has 4 atom stereocenters. The third-order valence-electron chi connectivity index (χ3n) is 6.05. The first kappa shape index (κ1) is 25.9. The Morgan fingerprint density at radius 3 is 2.17 bits per heavy atom. The Labute approximate surface area is 179 Å². The van der Waals surface area contributed by atoms with Gasteiger partial charge < -0.3 is 19.0 Å². The molecule has 0 aliphatic carbocycles. The zero-order valence-electron chi connectivity index (χ0n) is 19.9. The molecular formula is C24H42O4Si. The molecule has 0 amide bonds. The summed E-state index contributed by atoms with van der Waals surface area (Å²) in [5, 5.41) is 10.7. The van der Waals surface area contributed by atoms with Crippen LogP contribution in [0.4, 0.5) is 0 Å². The largest absolute Gasteiger partial charge is 0.497 e. The number of aliphatic hydroxyl groups is 1. The fourth-order valence-electron chi connectivity index (χ4n) is 3.00. The van der Waals surface area contributed by atoms with Crippen molar-refractivity contribution >= 4 is 8.32 Å². The van der Waals surface area contributed by atoms with E-state index in [9.17, 15) is 5.11 Å². The van der Waals surface area contributed by atoms with Crippen molar-refractivity contribution in [2.75, 3.05) is 13.7 Å². The smallest absolute Gasteiger partial charge is 0.192 e. The molecule has 0 heterocycles. The van der Waals surface area contributed by atoms with Gasteiger partial charge in [0.15, 0.2) is 8.32 Å². The first-order valence-corrected chi connectivity index (χ1v) is 13.5. The van der Waals surface area contributed by atoms with Crippen molar-refractivity contribution in [3.05, 3.63) is 42.0 Å². The maximum absolute atomic E-state index is 10.6. The standard InChI is InChI=1S/C24H42O4Si/c1-10-11-22(25)19(3)23(28-29(8,9)24(4,5)6)18(2)16-27-17-20-12-14-21(26-7)15-13-20/h10-15,18-19,22-23,25H,16-17H2,1-9H3/t18-,19+,22-,23-/m1/s1.